The van der Waals surface area contributed by atoms with Gasteiger partial charge in [0.05, 0.1) is 11.9 Å². The van der Waals surface area contributed by atoms with Crippen LogP contribution in [-0.4, -0.2) is 18.2 Å². The molecule has 0 bridgehead atoms. The molecule has 6 rings (SSSR count). The summed E-state index contributed by atoms with van der Waals surface area (Å²) in [4.78, 5) is 9.51. The number of hydrogen-bond acceptors (Lipinski definition) is 6. The number of nitrogens with one attached hydrogen (secondary N) is 3. The lowest BCUT2D eigenvalue weighted by molar-refractivity contribution is 0.422. The maximum atomic E-state index is 6.46. The Labute approximate surface area is 216 Å². The number of anilines is 1. The smallest absolute Gasteiger partial charge is 0.174 e. The summed E-state index contributed by atoms with van der Waals surface area (Å²) in [5, 5.41) is 10.1. The minimum atomic E-state index is -0.362. The summed E-state index contributed by atoms with van der Waals surface area (Å²) < 4.78 is 0. The Morgan fingerprint density at radius 1 is 0.784 bits per heavy atom. The molecule has 3 unspecified atom stereocenters. The molecular formula is C31H28N6. The summed E-state index contributed by atoms with van der Waals surface area (Å²) in [7, 11) is 0. The first kappa shape index (κ1) is 22.9. The van der Waals surface area contributed by atoms with Crippen LogP contribution in [0.15, 0.2) is 125 Å². The Kier molecular flexibility index (Phi) is 6.33. The van der Waals surface area contributed by atoms with Crippen LogP contribution in [0.3, 0.4) is 0 Å². The first-order chi connectivity index (χ1) is 18.2. The van der Waals surface area contributed by atoms with E-state index in [1.165, 1.54) is 0 Å². The van der Waals surface area contributed by atoms with E-state index in [9.17, 15) is 0 Å². The van der Waals surface area contributed by atoms with Gasteiger partial charge in [-0.05, 0) is 46.5 Å². The normalized spacial score (nSPS) is 18.8. The molecule has 0 amide bonds. The largest absolute Gasteiger partial charge is 0.360 e. The van der Waals surface area contributed by atoms with Crippen LogP contribution >= 0.6 is 0 Å². The maximum absolute atomic E-state index is 6.46. The van der Waals surface area contributed by atoms with Crippen LogP contribution in [0.1, 0.15) is 34.6 Å². The Morgan fingerprint density at radius 2 is 1.54 bits per heavy atom. The van der Waals surface area contributed by atoms with Gasteiger partial charge in [0.1, 0.15) is 6.17 Å². The van der Waals surface area contributed by atoms with E-state index < -0.39 is 0 Å². The first-order valence-electron chi connectivity index (χ1n) is 12.4. The molecule has 0 aliphatic carbocycles. The zero-order chi connectivity index (χ0) is 25.0. The number of hydrogen-bond donors (Lipinski definition) is 4. The van der Waals surface area contributed by atoms with Crippen molar-refractivity contribution in [1.82, 2.24) is 10.6 Å². The summed E-state index contributed by atoms with van der Waals surface area (Å²) in [6.07, 6.45) is 4.65. The third-order valence-corrected chi connectivity index (χ3v) is 6.57. The van der Waals surface area contributed by atoms with Crippen LogP contribution < -0.4 is 21.7 Å². The van der Waals surface area contributed by atoms with Gasteiger partial charge < -0.3 is 16.4 Å². The van der Waals surface area contributed by atoms with Crippen molar-refractivity contribution in [2.45, 2.75) is 18.6 Å². The summed E-state index contributed by atoms with van der Waals surface area (Å²) in [6, 6.07) is 35.5. The third-order valence-electron chi connectivity index (χ3n) is 6.57. The van der Waals surface area contributed by atoms with Crippen LogP contribution in [0.25, 0.3) is 11.1 Å². The number of para-hydroxylation sites is 1. The molecule has 0 spiro atoms. The van der Waals surface area contributed by atoms with Crippen molar-refractivity contribution >= 4 is 17.6 Å². The van der Waals surface area contributed by atoms with Crippen LogP contribution in [0.5, 0.6) is 0 Å². The van der Waals surface area contributed by atoms with Crippen molar-refractivity contribution in [1.29, 1.82) is 0 Å². The van der Waals surface area contributed by atoms with Gasteiger partial charge in [-0.3, -0.25) is 15.3 Å². The van der Waals surface area contributed by atoms with E-state index in [0.29, 0.717) is 0 Å². The predicted octanol–water partition coefficient (Wildman–Crippen LogP) is 5.33. The van der Waals surface area contributed by atoms with Crippen molar-refractivity contribution in [3.05, 3.63) is 138 Å². The van der Waals surface area contributed by atoms with Gasteiger partial charge in [-0.25, -0.2) is 0 Å². The highest BCUT2D eigenvalue weighted by atomic mass is 15.3. The highest BCUT2D eigenvalue weighted by Crippen LogP contribution is 2.33. The third kappa shape index (κ3) is 4.93. The molecule has 3 atom stereocenters. The second kappa shape index (κ2) is 10.2. The lowest BCUT2D eigenvalue weighted by Gasteiger charge is -2.26. The highest BCUT2D eigenvalue weighted by Gasteiger charge is 2.22. The Hall–Kier alpha value is -4.52. The van der Waals surface area contributed by atoms with Gasteiger partial charge in [-0.1, -0.05) is 84.9 Å². The second-order valence-corrected chi connectivity index (χ2v) is 9.06. The van der Waals surface area contributed by atoms with Crippen LogP contribution in [0.2, 0.25) is 0 Å². The van der Waals surface area contributed by atoms with E-state index in [4.69, 9.17) is 10.7 Å². The van der Waals surface area contributed by atoms with Crippen molar-refractivity contribution in [3.8, 4) is 11.1 Å². The highest BCUT2D eigenvalue weighted by molar-refractivity contribution is 6.16. The number of fused-ring (bicyclic) bond motifs is 1. The lowest BCUT2D eigenvalue weighted by atomic mass is 9.96. The molecule has 6 heteroatoms. The molecule has 0 saturated heterocycles. The molecule has 0 aromatic heterocycles. The first-order valence-corrected chi connectivity index (χ1v) is 12.4. The van der Waals surface area contributed by atoms with Crippen LogP contribution in [0.4, 0.5) is 5.69 Å². The molecular weight excluding hydrogens is 456 g/mol. The fourth-order valence-corrected chi connectivity index (χ4v) is 4.70. The van der Waals surface area contributed by atoms with Gasteiger partial charge in [-0.15, -0.1) is 0 Å². The van der Waals surface area contributed by atoms with Gasteiger partial charge in [-0.2, -0.15) is 0 Å². The van der Waals surface area contributed by atoms with Crippen molar-refractivity contribution in [2.24, 2.45) is 15.7 Å². The van der Waals surface area contributed by atoms with E-state index in [1.54, 1.807) is 6.21 Å². The molecule has 0 saturated carbocycles. The summed E-state index contributed by atoms with van der Waals surface area (Å²) in [5.41, 5.74) is 15.1. The molecule has 2 aliphatic heterocycles. The molecule has 2 heterocycles. The number of nitrogens with zero attached hydrogens (tertiary/aromatic N) is 2. The quantitative estimate of drug-likeness (QED) is 0.279. The molecule has 4 aromatic carbocycles. The van der Waals surface area contributed by atoms with E-state index >= 15 is 0 Å². The monoisotopic (exact) mass is 484 g/mol. The molecule has 5 N–H and O–H groups in total. The van der Waals surface area contributed by atoms with Crippen molar-refractivity contribution < 1.29 is 0 Å². The number of allylic oxidation sites excluding steroid dienone is 1. The number of rotatable bonds is 6. The maximum Gasteiger partial charge on any atom is 0.174 e. The van der Waals surface area contributed by atoms with Gasteiger partial charge in [0, 0.05) is 29.2 Å². The SMILES string of the molecule is NC(NC1N=CC=CN1)c1cccc(-c2cccc(C3N=C(c4ccccc4)c4ccccc4N3)c2)c1. The molecule has 37 heavy (non-hydrogen) atoms. The van der Waals surface area contributed by atoms with Crippen molar-refractivity contribution in [3.63, 3.8) is 0 Å². The zero-order valence-corrected chi connectivity index (χ0v) is 20.3. The van der Waals surface area contributed by atoms with E-state index in [0.717, 1.165) is 44.8 Å². The predicted molar refractivity (Wildman–Crippen MR) is 151 cm³/mol. The standard InChI is InChI=1S/C31H28N6/c32-29(37-31-33-17-8-18-34-31)24-13-6-11-22(19-24)23-12-7-14-25(20-23)30-35-27-16-5-4-15-26(27)28(36-30)21-9-2-1-3-10-21/h1-20,29-31,33,35,37H,32H2. The van der Waals surface area contributed by atoms with E-state index in [1.807, 2.05) is 30.5 Å². The van der Waals surface area contributed by atoms with Crippen LogP contribution in [0, 0.1) is 0 Å². The second-order valence-electron chi connectivity index (χ2n) is 9.06. The fraction of sp³-hybridized carbons (Fsp3) is 0.0968. The van der Waals surface area contributed by atoms with E-state index in [-0.39, 0.29) is 18.6 Å². The van der Waals surface area contributed by atoms with Gasteiger partial charge in [0.25, 0.3) is 0 Å². The molecule has 4 aromatic rings. The molecule has 182 valence electrons. The van der Waals surface area contributed by atoms with Gasteiger partial charge in [0.15, 0.2) is 6.29 Å². The fourth-order valence-electron chi connectivity index (χ4n) is 4.70. The summed E-state index contributed by atoms with van der Waals surface area (Å²) in [6.45, 7) is 0. The minimum absolute atomic E-state index is 0.194. The zero-order valence-electron chi connectivity index (χ0n) is 20.3. The van der Waals surface area contributed by atoms with Crippen molar-refractivity contribution in [2.75, 3.05) is 5.32 Å². The lowest BCUT2D eigenvalue weighted by Crippen LogP contribution is -2.44. The Balaban J connectivity index is 1.30. The molecule has 0 fully saturated rings. The van der Waals surface area contributed by atoms with Gasteiger partial charge in [0.2, 0.25) is 0 Å². The topological polar surface area (TPSA) is 86.8 Å². The minimum Gasteiger partial charge on any atom is -0.360 e. The number of benzene rings is 4. The summed E-state index contributed by atoms with van der Waals surface area (Å²) in [5.74, 6) is 0. The van der Waals surface area contributed by atoms with Gasteiger partial charge >= 0.3 is 0 Å². The van der Waals surface area contributed by atoms with E-state index in [2.05, 4.69) is 106 Å². The van der Waals surface area contributed by atoms with Crippen LogP contribution in [-0.2, 0) is 0 Å². The summed E-state index contributed by atoms with van der Waals surface area (Å²) >= 11 is 0. The number of aliphatic imine (C=N–C) groups is 2. The molecule has 0 radical (unpaired) electrons. The molecule has 2 aliphatic rings. The Morgan fingerprint density at radius 3 is 2.38 bits per heavy atom. The average molecular weight is 485 g/mol. The average Bonchev–Trinajstić information content (AvgIpc) is 2.98. The molecule has 6 nitrogen and oxygen atoms in total. The number of nitrogens with two attached hydrogens (primary N) is 1. The Bertz CT molecular complexity index is 1490.